The predicted octanol–water partition coefficient (Wildman–Crippen LogP) is 2.88. The molecule has 1 amide bonds. The van der Waals surface area contributed by atoms with E-state index in [4.69, 9.17) is 0 Å². The summed E-state index contributed by atoms with van der Waals surface area (Å²) >= 11 is 1.33. The molecule has 0 atom stereocenters. The number of carbonyl (C=O) groups excluding carboxylic acids is 1. The van der Waals surface area contributed by atoms with Crippen molar-refractivity contribution in [2.24, 2.45) is 7.05 Å². The summed E-state index contributed by atoms with van der Waals surface area (Å²) in [7, 11) is 1.72. The highest BCUT2D eigenvalue weighted by molar-refractivity contribution is 7.20. The highest BCUT2D eigenvalue weighted by Gasteiger charge is 2.27. The fraction of sp³-hybridized carbons (Fsp3) is 0.381. The van der Waals surface area contributed by atoms with Crippen LogP contribution in [0, 0.1) is 20.8 Å². The number of hydrogen-bond donors (Lipinski definition) is 0. The van der Waals surface area contributed by atoms with Gasteiger partial charge in [-0.05, 0) is 44.0 Å². The summed E-state index contributed by atoms with van der Waals surface area (Å²) in [5.74, 6) is 0.661. The van der Waals surface area contributed by atoms with Crippen LogP contribution in [0.1, 0.15) is 26.6 Å². The summed E-state index contributed by atoms with van der Waals surface area (Å²) in [6.45, 7) is 8.70. The maximum absolute atomic E-state index is 13.1. The van der Waals surface area contributed by atoms with E-state index in [1.54, 1.807) is 7.05 Å². The number of rotatable bonds is 2. The number of aromatic nitrogens is 2. The molecule has 0 saturated carbocycles. The highest BCUT2D eigenvalue weighted by Crippen LogP contribution is 2.29. The number of piperazine rings is 1. The molecule has 1 aliphatic heterocycles. The van der Waals surface area contributed by atoms with Crippen LogP contribution < -0.4 is 10.5 Å². The van der Waals surface area contributed by atoms with Crippen LogP contribution >= 0.6 is 11.3 Å². The van der Waals surface area contributed by atoms with E-state index in [0.717, 1.165) is 18.7 Å². The van der Waals surface area contributed by atoms with Crippen molar-refractivity contribution in [2.75, 3.05) is 31.1 Å². The number of anilines is 1. The standard InChI is InChI=1S/C21H24N4O2S/c1-13-6-5-7-16(12-13)24-8-10-25(11-9-24)21(27)18-14(2)17-19(28-18)22-15(3)23(4)20(17)26/h5-7,12H,8-11H2,1-4H3. The summed E-state index contributed by atoms with van der Waals surface area (Å²) in [5.41, 5.74) is 3.10. The van der Waals surface area contributed by atoms with Crippen molar-refractivity contribution >= 4 is 33.1 Å². The summed E-state index contributed by atoms with van der Waals surface area (Å²) in [4.78, 5) is 35.8. The third-order valence-electron chi connectivity index (χ3n) is 5.52. The second-order valence-corrected chi connectivity index (χ2v) is 8.38. The van der Waals surface area contributed by atoms with Gasteiger partial charge in [0, 0.05) is 38.9 Å². The molecule has 0 aliphatic carbocycles. The van der Waals surface area contributed by atoms with Crippen LogP contribution in [0.5, 0.6) is 0 Å². The van der Waals surface area contributed by atoms with Gasteiger partial charge >= 0.3 is 0 Å². The Morgan fingerprint density at radius 2 is 1.82 bits per heavy atom. The van der Waals surface area contributed by atoms with Crippen LogP contribution in [-0.4, -0.2) is 46.5 Å². The van der Waals surface area contributed by atoms with E-state index < -0.39 is 0 Å². The second kappa shape index (κ2) is 7.05. The molecule has 1 saturated heterocycles. The van der Waals surface area contributed by atoms with Gasteiger partial charge in [-0.3, -0.25) is 14.2 Å². The maximum Gasteiger partial charge on any atom is 0.264 e. The molecule has 0 unspecified atom stereocenters. The van der Waals surface area contributed by atoms with Crippen molar-refractivity contribution in [3.63, 3.8) is 0 Å². The van der Waals surface area contributed by atoms with Gasteiger partial charge in [0.25, 0.3) is 11.5 Å². The van der Waals surface area contributed by atoms with E-state index in [-0.39, 0.29) is 11.5 Å². The van der Waals surface area contributed by atoms with E-state index >= 15 is 0 Å². The van der Waals surface area contributed by atoms with Crippen molar-refractivity contribution in [1.29, 1.82) is 0 Å². The molecule has 28 heavy (non-hydrogen) atoms. The van der Waals surface area contributed by atoms with Crippen molar-refractivity contribution in [1.82, 2.24) is 14.5 Å². The lowest BCUT2D eigenvalue weighted by molar-refractivity contribution is 0.0751. The quantitative estimate of drug-likeness (QED) is 0.668. The fourth-order valence-corrected chi connectivity index (χ4v) is 4.89. The molecule has 6 nitrogen and oxygen atoms in total. The molecule has 1 aromatic carbocycles. The van der Waals surface area contributed by atoms with Crippen LogP contribution in [0.2, 0.25) is 0 Å². The van der Waals surface area contributed by atoms with Gasteiger partial charge < -0.3 is 9.80 Å². The molecule has 0 spiro atoms. The third-order valence-corrected chi connectivity index (χ3v) is 6.70. The number of nitrogens with zero attached hydrogens (tertiary/aromatic N) is 4. The minimum atomic E-state index is -0.0837. The Hall–Kier alpha value is -2.67. The number of fused-ring (bicyclic) bond motifs is 1. The molecule has 146 valence electrons. The van der Waals surface area contributed by atoms with Crippen molar-refractivity contribution in [3.8, 4) is 0 Å². The largest absolute Gasteiger partial charge is 0.368 e. The molecule has 3 aromatic rings. The van der Waals surface area contributed by atoms with E-state index in [1.807, 2.05) is 18.7 Å². The SMILES string of the molecule is Cc1cccc(N2CCN(C(=O)c3sc4nc(C)n(C)c(=O)c4c3C)CC2)c1. The predicted molar refractivity (Wildman–Crippen MR) is 114 cm³/mol. The first kappa shape index (κ1) is 18.7. The van der Waals surface area contributed by atoms with Gasteiger partial charge in [-0.2, -0.15) is 0 Å². The molecule has 2 aromatic heterocycles. The van der Waals surface area contributed by atoms with Crippen LogP contribution in [0.25, 0.3) is 10.2 Å². The molecule has 1 aliphatic rings. The Kier molecular flexibility index (Phi) is 4.71. The summed E-state index contributed by atoms with van der Waals surface area (Å²) in [5, 5.41) is 0.569. The van der Waals surface area contributed by atoms with E-state index in [2.05, 4.69) is 41.1 Å². The van der Waals surface area contributed by atoms with Gasteiger partial charge in [0.15, 0.2) is 0 Å². The Bertz CT molecular complexity index is 1120. The number of amides is 1. The summed E-state index contributed by atoms with van der Waals surface area (Å²) in [6, 6.07) is 8.45. The molecule has 7 heteroatoms. The van der Waals surface area contributed by atoms with Gasteiger partial charge in [-0.1, -0.05) is 12.1 Å². The van der Waals surface area contributed by atoms with Crippen LogP contribution in [0.3, 0.4) is 0 Å². The topological polar surface area (TPSA) is 58.4 Å². The summed E-state index contributed by atoms with van der Waals surface area (Å²) in [6.07, 6.45) is 0. The van der Waals surface area contributed by atoms with Gasteiger partial charge in [0.1, 0.15) is 10.7 Å². The lowest BCUT2D eigenvalue weighted by Gasteiger charge is -2.36. The molecule has 0 N–H and O–H groups in total. The number of thiophene rings is 1. The van der Waals surface area contributed by atoms with Crippen LogP contribution in [-0.2, 0) is 7.05 Å². The molecule has 1 fully saturated rings. The molecule has 0 radical (unpaired) electrons. The minimum Gasteiger partial charge on any atom is -0.368 e. The monoisotopic (exact) mass is 396 g/mol. The van der Waals surface area contributed by atoms with Crippen molar-refractivity contribution in [3.05, 3.63) is 56.4 Å². The zero-order chi connectivity index (χ0) is 20.0. The number of aryl methyl sites for hydroxylation is 3. The van der Waals surface area contributed by atoms with Gasteiger partial charge in [0.05, 0.1) is 10.3 Å². The smallest absolute Gasteiger partial charge is 0.264 e. The van der Waals surface area contributed by atoms with E-state index in [0.29, 0.717) is 34.0 Å². The number of benzene rings is 1. The van der Waals surface area contributed by atoms with Crippen LogP contribution in [0.4, 0.5) is 5.69 Å². The first-order chi connectivity index (χ1) is 13.4. The molecular weight excluding hydrogens is 372 g/mol. The number of carbonyl (C=O) groups is 1. The zero-order valence-corrected chi connectivity index (χ0v) is 17.5. The third kappa shape index (κ3) is 3.09. The van der Waals surface area contributed by atoms with Gasteiger partial charge in [0.2, 0.25) is 0 Å². The highest BCUT2D eigenvalue weighted by atomic mass is 32.1. The lowest BCUT2D eigenvalue weighted by atomic mass is 10.1. The zero-order valence-electron chi connectivity index (χ0n) is 16.7. The Balaban J connectivity index is 1.57. The molecular formula is C21H24N4O2S. The van der Waals surface area contributed by atoms with E-state index in [1.165, 1.54) is 27.2 Å². The fourth-order valence-electron chi connectivity index (χ4n) is 3.71. The normalized spacial score (nSPS) is 14.7. The molecule has 0 bridgehead atoms. The average Bonchev–Trinajstić information content (AvgIpc) is 3.02. The lowest BCUT2D eigenvalue weighted by Crippen LogP contribution is -2.48. The number of hydrogen-bond acceptors (Lipinski definition) is 5. The first-order valence-electron chi connectivity index (χ1n) is 9.44. The molecule has 3 heterocycles. The van der Waals surface area contributed by atoms with Gasteiger partial charge in [-0.25, -0.2) is 4.98 Å². The average molecular weight is 397 g/mol. The minimum absolute atomic E-state index is 0.00379. The Labute approximate surface area is 168 Å². The molecule has 4 rings (SSSR count). The van der Waals surface area contributed by atoms with Crippen molar-refractivity contribution < 1.29 is 4.79 Å². The van der Waals surface area contributed by atoms with Crippen molar-refractivity contribution in [2.45, 2.75) is 20.8 Å². The van der Waals surface area contributed by atoms with E-state index in [9.17, 15) is 9.59 Å². The summed E-state index contributed by atoms with van der Waals surface area (Å²) < 4.78 is 1.54. The van der Waals surface area contributed by atoms with Gasteiger partial charge in [-0.15, -0.1) is 11.3 Å². The second-order valence-electron chi connectivity index (χ2n) is 7.38. The Morgan fingerprint density at radius 3 is 2.50 bits per heavy atom. The van der Waals surface area contributed by atoms with Crippen LogP contribution in [0.15, 0.2) is 29.1 Å². The Morgan fingerprint density at radius 1 is 1.11 bits per heavy atom. The first-order valence-corrected chi connectivity index (χ1v) is 10.3. The maximum atomic E-state index is 13.1.